The summed E-state index contributed by atoms with van der Waals surface area (Å²) >= 11 is 0. The van der Waals surface area contributed by atoms with Crippen LogP contribution in [0.15, 0.2) is 90.6 Å². The summed E-state index contributed by atoms with van der Waals surface area (Å²) in [5.41, 5.74) is 4.37. The third-order valence-electron chi connectivity index (χ3n) is 5.35. The first-order chi connectivity index (χ1) is 15.0. The van der Waals surface area contributed by atoms with Crippen LogP contribution in [0.3, 0.4) is 0 Å². The van der Waals surface area contributed by atoms with E-state index in [2.05, 4.69) is 5.32 Å². The average Bonchev–Trinajstić information content (AvgIpc) is 3.03. The van der Waals surface area contributed by atoms with Crippen LogP contribution in [-0.2, 0) is 16.0 Å². The summed E-state index contributed by atoms with van der Waals surface area (Å²) < 4.78 is 0. The molecule has 0 radical (unpaired) electrons. The number of carbonyl (C=O) groups excluding carboxylic acids is 2. The first-order valence-corrected chi connectivity index (χ1v) is 10.3. The Morgan fingerprint density at radius 3 is 2.00 bits per heavy atom. The molecule has 5 nitrogen and oxygen atoms in total. The SMILES string of the molecule is CN(C)c1ccc(NC2=C(c3ccccc3)C(=O)N(CCc3ccccc3)C2=O)cc1. The fourth-order valence-electron chi connectivity index (χ4n) is 3.64. The number of amides is 2. The molecule has 1 N–H and O–H groups in total. The highest BCUT2D eigenvalue weighted by Gasteiger charge is 2.38. The minimum absolute atomic E-state index is 0.264. The second kappa shape index (κ2) is 8.88. The monoisotopic (exact) mass is 411 g/mol. The van der Waals surface area contributed by atoms with E-state index in [1.54, 1.807) is 0 Å². The third kappa shape index (κ3) is 4.36. The first kappa shape index (κ1) is 20.4. The van der Waals surface area contributed by atoms with Crippen LogP contribution in [0.4, 0.5) is 11.4 Å². The number of hydrogen-bond donors (Lipinski definition) is 1. The number of hydrogen-bond acceptors (Lipinski definition) is 4. The molecule has 0 fully saturated rings. The lowest BCUT2D eigenvalue weighted by Crippen LogP contribution is -2.34. The summed E-state index contributed by atoms with van der Waals surface area (Å²) in [6, 6.07) is 27.0. The van der Waals surface area contributed by atoms with Gasteiger partial charge in [-0.15, -0.1) is 0 Å². The van der Waals surface area contributed by atoms with Gasteiger partial charge in [0.1, 0.15) is 5.70 Å². The lowest BCUT2D eigenvalue weighted by atomic mass is 10.0. The number of rotatable bonds is 7. The Kier molecular flexibility index (Phi) is 5.85. The van der Waals surface area contributed by atoms with Crippen LogP contribution >= 0.6 is 0 Å². The van der Waals surface area contributed by atoms with Crippen LogP contribution in [-0.4, -0.2) is 37.4 Å². The fourth-order valence-corrected chi connectivity index (χ4v) is 3.64. The molecule has 1 aliphatic heterocycles. The van der Waals surface area contributed by atoms with Gasteiger partial charge in [-0.3, -0.25) is 14.5 Å². The lowest BCUT2D eigenvalue weighted by Gasteiger charge is -2.16. The first-order valence-electron chi connectivity index (χ1n) is 10.3. The molecule has 3 aromatic carbocycles. The maximum atomic E-state index is 13.3. The average molecular weight is 412 g/mol. The van der Waals surface area contributed by atoms with E-state index >= 15 is 0 Å². The molecule has 0 aliphatic carbocycles. The molecule has 5 heteroatoms. The standard InChI is InChI=1S/C26H25N3O2/c1-28(2)22-15-13-21(14-16-22)27-24-23(20-11-7-4-8-12-20)25(30)29(26(24)31)18-17-19-9-5-3-6-10-19/h3-16,27H,17-18H2,1-2H3. The van der Waals surface area contributed by atoms with E-state index in [0.29, 0.717) is 24.2 Å². The van der Waals surface area contributed by atoms with Gasteiger partial charge in [-0.2, -0.15) is 0 Å². The van der Waals surface area contributed by atoms with Gasteiger partial charge in [0.2, 0.25) is 0 Å². The van der Waals surface area contributed by atoms with Crippen LogP contribution in [0, 0.1) is 0 Å². The van der Waals surface area contributed by atoms with Crippen molar-refractivity contribution in [2.75, 3.05) is 30.9 Å². The Morgan fingerprint density at radius 1 is 0.774 bits per heavy atom. The minimum atomic E-state index is -0.295. The van der Waals surface area contributed by atoms with Gasteiger partial charge in [-0.05, 0) is 41.8 Å². The molecule has 0 saturated carbocycles. The van der Waals surface area contributed by atoms with Gasteiger partial charge in [0.25, 0.3) is 11.8 Å². The zero-order valence-electron chi connectivity index (χ0n) is 17.7. The smallest absolute Gasteiger partial charge is 0.278 e. The van der Waals surface area contributed by atoms with Crippen LogP contribution in [0.2, 0.25) is 0 Å². The maximum absolute atomic E-state index is 13.3. The summed E-state index contributed by atoms with van der Waals surface area (Å²) in [6.07, 6.45) is 0.616. The van der Waals surface area contributed by atoms with Gasteiger partial charge in [-0.1, -0.05) is 60.7 Å². The van der Waals surface area contributed by atoms with E-state index < -0.39 is 0 Å². The molecule has 1 aliphatic rings. The summed E-state index contributed by atoms with van der Waals surface area (Å²) in [5, 5.41) is 3.21. The summed E-state index contributed by atoms with van der Waals surface area (Å²) in [5.74, 6) is -0.559. The molecule has 31 heavy (non-hydrogen) atoms. The van der Waals surface area contributed by atoms with Crippen LogP contribution in [0.5, 0.6) is 0 Å². The number of benzene rings is 3. The molecule has 0 aromatic heterocycles. The van der Waals surface area contributed by atoms with Crippen LogP contribution < -0.4 is 10.2 Å². The molecule has 4 rings (SSSR count). The van der Waals surface area contributed by atoms with Gasteiger partial charge in [0, 0.05) is 32.0 Å². The van der Waals surface area contributed by atoms with E-state index in [0.717, 1.165) is 22.5 Å². The molecule has 0 unspecified atom stereocenters. The van der Waals surface area contributed by atoms with Gasteiger partial charge < -0.3 is 10.2 Å². The highest BCUT2D eigenvalue weighted by atomic mass is 16.2. The fraction of sp³-hybridized carbons (Fsp3) is 0.154. The number of nitrogens with zero attached hydrogens (tertiary/aromatic N) is 2. The largest absolute Gasteiger partial charge is 0.378 e. The highest BCUT2D eigenvalue weighted by Crippen LogP contribution is 2.31. The maximum Gasteiger partial charge on any atom is 0.278 e. The number of anilines is 2. The zero-order chi connectivity index (χ0) is 21.8. The van der Waals surface area contributed by atoms with Crippen molar-refractivity contribution in [1.29, 1.82) is 0 Å². The molecule has 2 amide bonds. The van der Waals surface area contributed by atoms with Gasteiger partial charge in [-0.25, -0.2) is 0 Å². The second-order valence-corrected chi connectivity index (χ2v) is 7.68. The van der Waals surface area contributed by atoms with Crippen molar-refractivity contribution in [2.45, 2.75) is 6.42 Å². The van der Waals surface area contributed by atoms with Crippen molar-refractivity contribution in [3.63, 3.8) is 0 Å². The van der Waals surface area contributed by atoms with E-state index in [1.165, 1.54) is 4.90 Å². The van der Waals surface area contributed by atoms with Gasteiger partial charge in [0.05, 0.1) is 5.57 Å². The van der Waals surface area contributed by atoms with Crippen molar-refractivity contribution in [3.8, 4) is 0 Å². The molecular formula is C26H25N3O2. The summed E-state index contributed by atoms with van der Waals surface area (Å²) in [6.45, 7) is 0.336. The summed E-state index contributed by atoms with van der Waals surface area (Å²) in [4.78, 5) is 29.9. The van der Waals surface area contributed by atoms with E-state index in [4.69, 9.17) is 0 Å². The van der Waals surface area contributed by atoms with Crippen molar-refractivity contribution >= 4 is 28.8 Å². The molecule has 0 atom stereocenters. The molecule has 0 bridgehead atoms. The van der Waals surface area contributed by atoms with Gasteiger partial charge in [0.15, 0.2) is 0 Å². The Balaban J connectivity index is 1.63. The zero-order valence-corrected chi connectivity index (χ0v) is 17.7. The summed E-state index contributed by atoms with van der Waals surface area (Å²) in [7, 11) is 3.95. The molecule has 0 saturated heterocycles. The van der Waals surface area contributed by atoms with Crippen molar-refractivity contribution in [1.82, 2.24) is 4.90 Å². The molecule has 3 aromatic rings. The Bertz CT molecular complexity index is 1100. The predicted molar refractivity (Wildman–Crippen MR) is 125 cm³/mol. The predicted octanol–water partition coefficient (Wildman–Crippen LogP) is 4.19. The number of imide groups is 1. The highest BCUT2D eigenvalue weighted by molar-refractivity contribution is 6.36. The molecular weight excluding hydrogens is 386 g/mol. The quantitative estimate of drug-likeness (QED) is 0.593. The van der Waals surface area contributed by atoms with E-state index in [1.807, 2.05) is 104 Å². The van der Waals surface area contributed by atoms with E-state index in [9.17, 15) is 9.59 Å². The van der Waals surface area contributed by atoms with Crippen LogP contribution in [0.1, 0.15) is 11.1 Å². The van der Waals surface area contributed by atoms with Crippen molar-refractivity contribution in [2.24, 2.45) is 0 Å². The number of nitrogens with one attached hydrogen (secondary N) is 1. The molecule has 0 spiro atoms. The van der Waals surface area contributed by atoms with Crippen molar-refractivity contribution < 1.29 is 9.59 Å². The molecule has 156 valence electrons. The minimum Gasteiger partial charge on any atom is -0.378 e. The third-order valence-corrected chi connectivity index (χ3v) is 5.35. The second-order valence-electron chi connectivity index (χ2n) is 7.68. The van der Waals surface area contributed by atoms with Crippen LogP contribution in [0.25, 0.3) is 5.57 Å². The van der Waals surface area contributed by atoms with Crippen molar-refractivity contribution in [3.05, 3.63) is 102 Å². The number of carbonyl (C=O) groups is 2. The van der Waals surface area contributed by atoms with E-state index in [-0.39, 0.29) is 11.8 Å². The topological polar surface area (TPSA) is 52.7 Å². The van der Waals surface area contributed by atoms with Gasteiger partial charge >= 0.3 is 0 Å². The molecule has 1 heterocycles. The normalized spacial score (nSPS) is 13.7. The Hall–Kier alpha value is -3.86. The Morgan fingerprint density at radius 2 is 1.39 bits per heavy atom. The Labute approximate surface area is 182 Å². The lowest BCUT2D eigenvalue weighted by molar-refractivity contribution is -0.136.